The maximum absolute atomic E-state index is 13.4. The Morgan fingerprint density at radius 1 is 0.931 bits per heavy atom. The molecule has 0 saturated heterocycles. The van der Waals surface area contributed by atoms with E-state index >= 15 is 0 Å². The van der Waals surface area contributed by atoms with E-state index < -0.39 is 24.4 Å². The number of aryl methyl sites for hydroxylation is 2. The van der Waals surface area contributed by atoms with Crippen molar-refractivity contribution in [1.82, 2.24) is 5.31 Å². The summed E-state index contributed by atoms with van der Waals surface area (Å²) >= 11 is 0. The van der Waals surface area contributed by atoms with Crippen LogP contribution in [0.5, 0.6) is 11.5 Å². The van der Waals surface area contributed by atoms with E-state index in [1.165, 1.54) is 29.6 Å². The lowest BCUT2D eigenvalue weighted by Crippen LogP contribution is -2.46. The number of nitrogens with one attached hydrogen (secondary N) is 1. The van der Waals surface area contributed by atoms with Gasteiger partial charge < -0.3 is 25.0 Å². The molecule has 7 heteroatoms. The molecule has 29 heavy (non-hydrogen) atoms. The summed E-state index contributed by atoms with van der Waals surface area (Å²) in [6.45, 7) is 0.109. The van der Waals surface area contributed by atoms with Gasteiger partial charge in [-0.2, -0.15) is 0 Å². The highest BCUT2D eigenvalue weighted by Gasteiger charge is 2.29. The molecular weight excluding hydrogens is 380 g/mol. The van der Waals surface area contributed by atoms with Crippen molar-refractivity contribution in [3.63, 3.8) is 0 Å². The maximum atomic E-state index is 13.4. The van der Waals surface area contributed by atoms with Gasteiger partial charge in [0.15, 0.2) is 0 Å². The Hall–Kier alpha value is -2.22. The van der Waals surface area contributed by atoms with Gasteiger partial charge in [0, 0.05) is 13.1 Å². The van der Waals surface area contributed by atoms with E-state index in [9.17, 15) is 8.78 Å². The van der Waals surface area contributed by atoms with Gasteiger partial charge >= 0.3 is 0 Å². The van der Waals surface area contributed by atoms with Gasteiger partial charge in [0.05, 0.1) is 0 Å². The first kappa shape index (κ1) is 16.6. The highest BCUT2D eigenvalue weighted by Crippen LogP contribution is 2.30. The normalized spacial score (nSPS) is 24.2. The fourth-order valence-corrected chi connectivity index (χ4v) is 3.84. The van der Waals surface area contributed by atoms with Crippen molar-refractivity contribution in [3.05, 3.63) is 59.2 Å². The largest absolute Gasteiger partial charge is 0.487 e. The summed E-state index contributed by atoms with van der Waals surface area (Å²) in [6.07, 6.45) is -0.103. The fraction of sp³-hybridized carbons (Fsp3) is 0.455. The average Bonchev–Trinajstić information content (AvgIpc) is 2.80. The van der Waals surface area contributed by atoms with E-state index in [0.717, 1.165) is 11.1 Å². The van der Waals surface area contributed by atoms with Crippen LogP contribution in [0.15, 0.2) is 36.4 Å². The Labute approximate surface area is 172 Å². The number of halogens is 2. The van der Waals surface area contributed by atoms with Gasteiger partial charge in [0.1, 0.15) is 49.0 Å². The zero-order valence-corrected chi connectivity index (χ0v) is 15.9. The van der Waals surface area contributed by atoms with Gasteiger partial charge in [0.25, 0.3) is 0 Å². The number of aliphatic hydroxyl groups excluding tert-OH is 2. The summed E-state index contributed by atoms with van der Waals surface area (Å²) in [4.78, 5) is 0. The lowest BCUT2D eigenvalue weighted by Gasteiger charge is -2.31. The van der Waals surface area contributed by atoms with Crippen LogP contribution in [0.3, 0.4) is 0 Å². The van der Waals surface area contributed by atoms with Crippen molar-refractivity contribution in [3.8, 4) is 11.5 Å². The summed E-state index contributed by atoms with van der Waals surface area (Å²) in [7, 11) is 0. The van der Waals surface area contributed by atoms with Gasteiger partial charge in [-0.3, -0.25) is 0 Å². The summed E-state index contributed by atoms with van der Waals surface area (Å²) in [5, 5.41) is 10.9. The van der Waals surface area contributed by atoms with Gasteiger partial charge in [-0.25, -0.2) is 8.78 Å². The standard InChI is InChI=1S/C22H25F2NO4/c23-15-3-7-19-13(9-15)1-5-21(28-19)17(26)11-25-12-18(27)22-6-2-14-10-16(24)4-8-20(14)29-22/h3-4,7-10,17-18,21-22,25-27H,1-2,5-6,11-12H2/t17-,18-,21?,22?/m1/s1/i26D,27D/hD. The predicted molar refractivity (Wildman–Crippen MR) is 103 cm³/mol. The third-order valence-electron chi connectivity index (χ3n) is 5.45. The smallest absolute Gasteiger partial charge is 0.211 e. The van der Waals surface area contributed by atoms with E-state index in [0.29, 0.717) is 37.2 Å². The summed E-state index contributed by atoms with van der Waals surface area (Å²) in [5.41, 5.74) is 1.54. The predicted octanol–water partition coefficient (Wildman–Crippen LogP) is 2.36. The first-order valence-electron chi connectivity index (χ1n) is 11.1. The van der Waals surface area contributed by atoms with Crippen molar-refractivity contribution in [2.24, 2.45) is 0 Å². The number of ether oxygens (including phenoxy) is 2. The molecule has 0 aromatic heterocycles. The van der Waals surface area contributed by atoms with Crippen LogP contribution in [0.2, 0.25) is 1.41 Å². The molecule has 2 aromatic rings. The van der Waals surface area contributed by atoms with E-state index in [1.807, 2.05) is 0 Å². The Morgan fingerprint density at radius 3 is 1.86 bits per heavy atom. The van der Waals surface area contributed by atoms with Crippen LogP contribution in [0.4, 0.5) is 8.78 Å². The zero-order chi connectivity index (χ0) is 22.7. The second kappa shape index (κ2) is 8.65. The van der Waals surface area contributed by atoms with Crippen molar-refractivity contribution >= 4 is 0 Å². The Morgan fingerprint density at radius 2 is 1.41 bits per heavy atom. The number of hydrogen-bond acceptors (Lipinski definition) is 5. The third kappa shape index (κ3) is 4.69. The van der Waals surface area contributed by atoms with Crippen LogP contribution in [0.25, 0.3) is 0 Å². The molecular formula is C22H25F2NO4. The minimum Gasteiger partial charge on any atom is -0.487 e. The monoisotopic (exact) mass is 408 g/mol. The van der Waals surface area contributed by atoms with E-state index in [-0.39, 0.29) is 24.7 Å². The first-order chi connectivity index (χ1) is 15.5. The molecule has 5 nitrogen and oxygen atoms in total. The number of fused-ring (bicyclic) bond motifs is 2. The van der Waals surface area contributed by atoms with E-state index in [1.54, 1.807) is 12.1 Å². The second-order valence-electron chi connectivity index (χ2n) is 7.56. The number of benzene rings is 2. The van der Waals surface area contributed by atoms with Crippen molar-refractivity contribution in [2.45, 2.75) is 50.1 Å². The minimum atomic E-state index is -0.715. The molecule has 0 bridgehead atoms. The van der Waals surface area contributed by atoms with Crippen LogP contribution in [-0.4, -0.2) is 50.6 Å². The lowest BCUT2D eigenvalue weighted by atomic mass is 9.98. The Bertz CT molecular complexity index is 865. The molecule has 3 N–H and O–H groups in total. The van der Waals surface area contributed by atoms with Crippen LogP contribution < -0.4 is 14.8 Å². The number of aliphatic hydroxyl groups is 2. The number of rotatable bonds is 8. The minimum absolute atomic E-state index is 0.0546. The zero-order valence-electron chi connectivity index (χ0n) is 18.9. The molecule has 2 aliphatic rings. The van der Waals surface area contributed by atoms with Crippen molar-refractivity contribution in [2.75, 3.05) is 13.1 Å². The Kier molecular flexibility index (Phi) is 4.94. The highest BCUT2D eigenvalue weighted by atomic mass is 19.1. The third-order valence-corrected chi connectivity index (χ3v) is 5.45. The molecule has 0 radical (unpaired) electrons. The molecule has 0 aliphatic carbocycles. The maximum Gasteiger partial charge on any atom is 0.211 e. The molecule has 0 spiro atoms. The highest BCUT2D eigenvalue weighted by molar-refractivity contribution is 5.36. The quantitative estimate of drug-likeness (QED) is 0.626. The lowest BCUT2D eigenvalue weighted by molar-refractivity contribution is 0.00892. The summed E-state index contributed by atoms with van der Waals surface area (Å²) < 4.78 is 61.8. The molecule has 2 heterocycles. The van der Waals surface area contributed by atoms with Crippen molar-refractivity contribution in [1.29, 1.82) is 2.86 Å². The van der Waals surface area contributed by atoms with Crippen LogP contribution in [0.1, 0.15) is 24.0 Å². The van der Waals surface area contributed by atoms with Gasteiger partial charge in [-0.1, -0.05) is 0 Å². The summed E-state index contributed by atoms with van der Waals surface area (Å²) in [6, 6.07) is 8.63. The molecule has 156 valence electrons. The van der Waals surface area contributed by atoms with Gasteiger partial charge in [-0.15, -0.1) is 0 Å². The summed E-state index contributed by atoms with van der Waals surface area (Å²) in [5.74, 6) is 0.463. The SMILES string of the molecule is [2H]O[C@H](CN([2H])C[C@@H](O[2H])C1CCc2cc(F)ccc2O1)C1CCc2cc(F)ccc2O1. The molecule has 0 fully saturated rings. The molecule has 2 aromatic carbocycles. The van der Waals surface area contributed by atoms with Crippen LogP contribution >= 0.6 is 0 Å². The van der Waals surface area contributed by atoms with Gasteiger partial charge in [-0.05, 0) is 73.2 Å². The molecule has 0 amide bonds. The van der Waals surface area contributed by atoms with E-state index in [2.05, 4.69) is 0 Å². The number of hydrogen-bond donors (Lipinski definition) is 3. The molecule has 2 unspecified atom stereocenters. The second-order valence-corrected chi connectivity index (χ2v) is 7.56. The topological polar surface area (TPSA) is 71.0 Å². The molecule has 0 saturated carbocycles. The molecule has 4 atom stereocenters. The molecule has 4 rings (SSSR count). The van der Waals surface area contributed by atoms with Crippen LogP contribution in [0, 0.1) is 11.6 Å². The van der Waals surface area contributed by atoms with Crippen LogP contribution in [-0.2, 0) is 12.8 Å². The van der Waals surface area contributed by atoms with E-state index in [4.69, 9.17) is 24.0 Å². The molecule has 2 aliphatic heterocycles. The first-order valence-corrected chi connectivity index (χ1v) is 9.84. The average molecular weight is 408 g/mol. The van der Waals surface area contributed by atoms with Gasteiger partial charge in [0.2, 0.25) is 2.86 Å². The van der Waals surface area contributed by atoms with Crippen molar-refractivity contribution < 1.29 is 29.9 Å². The fourth-order valence-electron chi connectivity index (χ4n) is 3.84. The Balaban J connectivity index is 1.34.